The lowest BCUT2D eigenvalue weighted by atomic mass is 10.1. The van der Waals surface area contributed by atoms with E-state index < -0.39 is 23.4 Å². The first-order valence-electron chi connectivity index (χ1n) is 8.05. The number of ether oxygens (including phenoxy) is 2. The van der Waals surface area contributed by atoms with E-state index in [2.05, 4.69) is 9.98 Å². The number of aryl methyl sites for hydroxylation is 1. The Bertz CT molecular complexity index is 737. The summed E-state index contributed by atoms with van der Waals surface area (Å²) in [6, 6.07) is 0. The summed E-state index contributed by atoms with van der Waals surface area (Å²) in [6.07, 6.45) is -1.52. The molecule has 0 unspecified atom stereocenters. The predicted octanol–water partition coefficient (Wildman–Crippen LogP) is 2.58. The van der Waals surface area contributed by atoms with Crippen molar-refractivity contribution in [2.75, 3.05) is 0 Å². The van der Waals surface area contributed by atoms with Gasteiger partial charge in [-0.15, -0.1) is 4.99 Å². The summed E-state index contributed by atoms with van der Waals surface area (Å²) in [5.74, 6) is 0. The van der Waals surface area contributed by atoms with Crippen molar-refractivity contribution in [1.82, 2.24) is 9.55 Å². The van der Waals surface area contributed by atoms with Gasteiger partial charge in [-0.2, -0.15) is 0 Å². The van der Waals surface area contributed by atoms with Crippen LogP contribution < -0.4 is 11.4 Å². The summed E-state index contributed by atoms with van der Waals surface area (Å²) in [5.41, 5.74) is 6.02. The van der Waals surface area contributed by atoms with Crippen molar-refractivity contribution in [3.05, 3.63) is 22.6 Å². The standard InChI is InChI=1S/C17H28N4O4/c1-10-12(9-18)11(2)21(15(23)25-17(6,7)8)13(19-10)20-14(22)24-16(3,4)5/h9,18H2,1-8H3/b20-13+. The molecule has 25 heavy (non-hydrogen) atoms. The van der Waals surface area contributed by atoms with Crippen LogP contribution in [0.2, 0.25) is 0 Å². The van der Waals surface area contributed by atoms with Crippen LogP contribution in [-0.2, 0) is 16.0 Å². The van der Waals surface area contributed by atoms with Gasteiger partial charge < -0.3 is 15.2 Å². The van der Waals surface area contributed by atoms with Crippen LogP contribution in [-0.4, -0.2) is 32.9 Å². The van der Waals surface area contributed by atoms with Gasteiger partial charge in [0.05, 0.1) is 0 Å². The Morgan fingerprint density at radius 1 is 1.08 bits per heavy atom. The quantitative estimate of drug-likeness (QED) is 0.832. The molecule has 0 spiro atoms. The number of hydrogen-bond acceptors (Lipinski definition) is 6. The van der Waals surface area contributed by atoms with Crippen LogP contribution in [0.25, 0.3) is 0 Å². The number of carbonyl (C=O) groups is 2. The van der Waals surface area contributed by atoms with Crippen molar-refractivity contribution < 1.29 is 19.1 Å². The van der Waals surface area contributed by atoms with Gasteiger partial charge >= 0.3 is 12.2 Å². The molecule has 0 atom stereocenters. The number of rotatable bonds is 1. The molecule has 0 aliphatic heterocycles. The third-order valence-electron chi connectivity index (χ3n) is 3.04. The molecule has 1 rings (SSSR count). The number of carbonyl (C=O) groups excluding carboxylic acids is 2. The van der Waals surface area contributed by atoms with E-state index in [1.807, 2.05) is 0 Å². The minimum atomic E-state index is -0.836. The fourth-order valence-electron chi connectivity index (χ4n) is 2.08. The van der Waals surface area contributed by atoms with Crippen molar-refractivity contribution in [1.29, 1.82) is 0 Å². The third-order valence-corrected chi connectivity index (χ3v) is 3.04. The zero-order valence-corrected chi connectivity index (χ0v) is 16.3. The van der Waals surface area contributed by atoms with Gasteiger partial charge in [-0.3, -0.25) is 0 Å². The molecule has 8 heteroatoms. The molecule has 0 radical (unpaired) electrons. The van der Waals surface area contributed by atoms with E-state index in [0.29, 0.717) is 17.0 Å². The van der Waals surface area contributed by atoms with Crippen LogP contribution in [0.3, 0.4) is 0 Å². The van der Waals surface area contributed by atoms with Crippen LogP contribution in [0, 0.1) is 13.8 Å². The molecular formula is C17H28N4O4. The molecule has 0 aromatic carbocycles. The molecule has 1 heterocycles. The predicted molar refractivity (Wildman–Crippen MR) is 93.0 cm³/mol. The van der Waals surface area contributed by atoms with E-state index in [1.54, 1.807) is 55.4 Å². The minimum Gasteiger partial charge on any atom is -0.443 e. The van der Waals surface area contributed by atoms with Crippen molar-refractivity contribution in [2.45, 2.75) is 73.1 Å². The number of nitrogens with zero attached hydrogens (tertiary/aromatic N) is 3. The summed E-state index contributed by atoms with van der Waals surface area (Å²) in [4.78, 5) is 32.7. The Balaban J connectivity index is 3.56. The topological polar surface area (TPSA) is 109 Å². The molecule has 1 amide bonds. The van der Waals surface area contributed by atoms with E-state index in [0.717, 1.165) is 4.57 Å². The van der Waals surface area contributed by atoms with Crippen LogP contribution >= 0.6 is 0 Å². The van der Waals surface area contributed by atoms with Crippen LogP contribution in [0.5, 0.6) is 0 Å². The van der Waals surface area contributed by atoms with Gasteiger partial charge in [0, 0.05) is 23.5 Å². The molecule has 0 aliphatic rings. The van der Waals surface area contributed by atoms with Gasteiger partial charge in [-0.1, -0.05) is 0 Å². The average molecular weight is 352 g/mol. The SMILES string of the molecule is Cc1n/c(=N\C(=O)OC(C)(C)C)n(C(=O)OC(C)(C)C)c(C)c1CN. The second kappa shape index (κ2) is 7.35. The molecule has 0 fully saturated rings. The Hall–Kier alpha value is -2.22. The lowest BCUT2D eigenvalue weighted by Crippen LogP contribution is -2.39. The van der Waals surface area contributed by atoms with E-state index in [4.69, 9.17) is 15.2 Å². The highest BCUT2D eigenvalue weighted by molar-refractivity contribution is 5.73. The summed E-state index contributed by atoms with van der Waals surface area (Å²) in [5, 5.41) is 0. The summed E-state index contributed by atoms with van der Waals surface area (Å²) in [6.45, 7) is 14.1. The second-order valence-corrected chi connectivity index (χ2v) is 7.67. The number of nitrogens with two attached hydrogens (primary N) is 1. The molecule has 0 bridgehead atoms. The maximum Gasteiger partial charge on any atom is 0.437 e. The van der Waals surface area contributed by atoms with Gasteiger partial charge in [0.2, 0.25) is 5.62 Å². The van der Waals surface area contributed by atoms with Crippen molar-refractivity contribution in [3.8, 4) is 0 Å². The zero-order chi connectivity index (χ0) is 19.6. The summed E-state index contributed by atoms with van der Waals surface area (Å²) in [7, 11) is 0. The fourth-order valence-corrected chi connectivity index (χ4v) is 2.08. The molecule has 140 valence electrons. The highest BCUT2D eigenvalue weighted by Gasteiger charge is 2.23. The second-order valence-electron chi connectivity index (χ2n) is 7.67. The Labute approximate surface area is 148 Å². The Kier molecular flexibility index (Phi) is 6.12. The first kappa shape index (κ1) is 20.8. The molecule has 2 N–H and O–H groups in total. The average Bonchev–Trinajstić information content (AvgIpc) is 2.33. The van der Waals surface area contributed by atoms with E-state index in [9.17, 15) is 9.59 Å². The molecule has 0 saturated carbocycles. The first-order valence-corrected chi connectivity index (χ1v) is 8.05. The first-order chi connectivity index (χ1) is 11.2. The maximum absolute atomic E-state index is 12.6. The molecule has 8 nitrogen and oxygen atoms in total. The highest BCUT2D eigenvalue weighted by Crippen LogP contribution is 2.13. The summed E-state index contributed by atoms with van der Waals surface area (Å²) < 4.78 is 11.7. The van der Waals surface area contributed by atoms with Gasteiger partial charge in [0.1, 0.15) is 11.2 Å². The van der Waals surface area contributed by atoms with Crippen LogP contribution in [0.1, 0.15) is 58.5 Å². The lowest BCUT2D eigenvalue weighted by molar-refractivity contribution is 0.0519. The van der Waals surface area contributed by atoms with Gasteiger partial charge in [0.15, 0.2) is 0 Å². The maximum atomic E-state index is 12.6. The smallest absolute Gasteiger partial charge is 0.437 e. The monoisotopic (exact) mass is 352 g/mol. The number of hydrogen-bond donors (Lipinski definition) is 1. The van der Waals surface area contributed by atoms with Gasteiger partial charge in [0.25, 0.3) is 0 Å². The van der Waals surface area contributed by atoms with Crippen LogP contribution in [0.15, 0.2) is 4.99 Å². The highest BCUT2D eigenvalue weighted by atomic mass is 16.6. The largest absolute Gasteiger partial charge is 0.443 e. The molecule has 0 aliphatic carbocycles. The molecular weight excluding hydrogens is 324 g/mol. The van der Waals surface area contributed by atoms with E-state index >= 15 is 0 Å². The number of amides is 1. The minimum absolute atomic E-state index is 0.101. The summed E-state index contributed by atoms with van der Waals surface area (Å²) >= 11 is 0. The fraction of sp³-hybridized carbons (Fsp3) is 0.647. The normalized spacial score (nSPS) is 12.9. The Morgan fingerprint density at radius 2 is 1.60 bits per heavy atom. The van der Waals surface area contributed by atoms with E-state index in [-0.39, 0.29) is 12.2 Å². The van der Waals surface area contributed by atoms with E-state index in [1.165, 1.54) is 0 Å². The van der Waals surface area contributed by atoms with Crippen molar-refractivity contribution >= 4 is 12.2 Å². The molecule has 1 aromatic heterocycles. The molecule has 0 saturated heterocycles. The zero-order valence-electron chi connectivity index (χ0n) is 16.3. The van der Waals surface area contributed by atoms with Gasteiger partial charge in [-0.05, 0) is 55.4 Å². The Morgan fingerprint density at radius 3 is 2.04 bits per heavy atom. The van der Waals surface area contributed by atoms with Crippen molar-refractivity contribution in [2.24, 2.45) is 10.7 Å². The lowest BCUT2D eigenvalue weighted by Gasteiger charge is -2.22. The molecule has 1 aromatic rings. The third kappa shape index (κ3) is 5.97. The van der Waals surface area contributed by atoms with Gasteiger partial charge in [-0.25, -0.2) is 19.1 Å². The van der Waals surface area contributed by atoms with Crippen LogP contribution in [0.4, 0.5) is 9.59 Å². The number of aromatic nitrogens is 2. The van der Waals surface area contributed by atoms with Crippen molar-refractivity contribution in [3.63, 3.8) is 0 Å².